The SMILES string of the molecule is CCC1(C)CCN(CCC(NC)C(=O)OC)CC1. The molecule has 0 aromatic rings. The van der Waals surface area contributed by atoms with Gasteiger partial charge in [-0.1, -0.05) is 20.3 Å². The molecule has 1 rings (SSSR count). The number of nitrogens with zero attached hydrogens (tertiary/aromatic N) is 1. The molecule has 106 valence electrons. The fourth-order valence-corrected chi connectivity index (χ4v) is 2.50. The van der Waals surface area contributed by atoms with Gasteiger partial charge in [0.1, 0.15) is 6.04 Å². The molecule has 0 saturated carbocycles. The van der Waals surface area contributed by atoms with Crippen molar-refractivity contribution in [3.63, 3.8) is 0 Å². The molecule has 1 heterocycles. The molecular weight excluding hydrogens is 228 g/mol. The Morgan fingerprint density at radius 2 is 2.06 bits per heavy atom. The van der Waals surface area contributed by atoms with E-state index in [0.717, 1.165) is 26.1 Å². The van der Waals surface area contributed by atoms with Crippen molar-refractivity contribution in [1.29, 1.82) is 0 Å². The minimum Gasteiger partial charge on any atom is -0.468 e. The molecule has 1 unspecified atom stereocenters. The van der Waals surface area contributed by atoms with E-state index < -0.39 is 0 Å². The van der Waals surface area contributed by atoms with E-state index in [0.29, 0.717) is 5.41 Å². The zero-order valence-electron chi connectivity index (χ0n) is 12.3. The third-order valence-corrected chi connectivity index (χ3v) is 4.48. The average Bonchev–Trinajstić information content (AvgIpc) is 2.41. The summed E-state index contributed by atoms with van der Waals surface area (Å²) >= 11 is 0. The lowest BCUT2D eigenvalue weighted by Crippen LogP contribution is -2.42. The van der Waals surface area contributed by atoms with Gasteiger partial charge in [-0.3, -0.25) is 4.79 Å². The van der Waals surface area contributed by atoms with E-state index in [-0.39, 0.29) is 12.0 Å². The van der Waals surface area contributed by atoms with Crippen molar-refractivity contribution in [1.82, 2.24) is 10.2 Å². The van der Waals surface area contributed by atoms with Crippen LogP contribution in [0, 0.1) is 5.41 Å². The summed E-state index contributed by atoms with van der Waals surface area (Å²) in [5.74, 6) is -0.159. The second-order valence-corrected chi connectivity index (χ2v) is 5.66. The molecule has 0 radical (unpaired) electrons. The Bertz CT molecular complexity index is 261. The van der Waals surface area contributed by atoms with Crippen molar-refractivity contribution in [3.8, 4) is 0 Å². The molecule has 0 spiro atoms. The minimum atomic E-state index is -0.172. The smallest absolute Gasteiger partial charge is 0.322 e. The predicted molar refractivity (Wildman–Crippen MR) is 73.6 cm³/mol. The predicted octanol–water partition coefficient (Wildman–Crippen LogP) is 1.65. The summed E-state index contributed by atoms with van der Waals surface area (Å²) in [4.78, 5) is 13.9. The fourth-order valence-electron chi connectivity index (χ4n) is 2.50. The Hall–Kier alpha value is -0.610. The van der Waals surface area contributed by atoms with E-state index in [1.165, 1.54) is 26.4 Å². The second kappa shape index (κ2) is 7.10. The summed E-state index contributed by atoms with van der Waals surface area (Å²) in [7, 11) is 3.26. The molecule has 0 aromatic carbocycles. The molecule has 18 heavy (non-hydrogen) atoms. The molecule has 1 aliphatic rings. The molecule has 4 heteroatoms. The number of esters is 1. The van der Waals surface area contributed by atoms with E-state index >= 15 is 0 Å². The summed E-state index contributed by atoms with van der Waals surface area (Å²) < 4.78 is 4.77. The standard InChI is InChI=1S/C14H28N2O2/c1-5-14(2)7-10-16(11-8-14)9-6-12(15-3)13(17)18-4/h12,15H,5-11H2,1-4H3. The first-order valence-corrected chi connectivity index (χ1v) is 7.02. The first kappa shape index (κ1) is 15.4. The zero-order chi connectivity index (χ0) is 13.6. The van der Waals surface area contributed by atoms with Crippen molar-refractivity contribution in [3.05, 3.63) is 0 Å². The number of ether oxygens (including phenoxy) is 1. The quantitative estimate of drug-likeness (QED) is 0.734. The number of methoxy groups -OCH3 is 1. The second-order valence-electron chi connectivity index (χ2n) is 5.66. The van der Waals surface area contributed by atoms with Crippen LogP contribution in [0.15, 0.2) is 0 Å². The molecule has 0 bridgehead atoms. The van der Waals surface area contributed by atoms with E-state index in [9.17, 15) is 4.79 Å². The molecule has 1 fully saturated rings. The number of piperidine rings is 1. The van der Waals surface area contributed by atoms with Gasteiger partial charge in [0.2, 0.25) is 0 Å². The summed E-state index contributed by atoms with van der Waals surface area (Å²) in [5.41, 5.74) is 0.529. The maximum atomic E-state index is 11.5. The number of likely N-dealkylation sites (N-methyl/N-ethyl adjacent to an activating group) is 1. The van der Waals surface area contributed by atoms with Crippen LogP contribution in [0.5, 0.6) is 0 Å². The Morgan fingerprint density at radius 1 is 1.44 bits per heavy atom. The highest BCUT2D eigenvalue weighted by molar-refractivity contribution is 5.75. The maximum Gasteiger partial charge on any atom is 0.322 e. The lowest BCUT2D eigenvalue weighted by molar-refractivity contribution is -0.143. The number of rotatable bonds is 6. The number of hydrogen-bond acceptors (Lipinski definition) is 4. The van der Waals surface area contributed by atoms with Crippen LogP contribution in [-0.4, -0.2) is 50.7 Å². The number of carbonyl (C=O) groups excluding carboxylic acids is 1. The van der Waals surface area contributed by atoms with Crippen LogP contribution in [0.25, 0.3) is 0 Å². The summed E-state index contributed by atoms with van der Waals surface area (Å²) in [6.07, 6.45) is 4.63. The average molecular weight is 256 g/mol. The highest BCUT2D eigenvalue weighted by atomic mass is 16.5. The topological polar surface area (TPSA) is 41.6 Å². The van der Waals surface area contributed by atoms with E-state index in [1.54, 1.807) is 0 Å². The normalized spacial score (nSPS) is 21.6. The van der Waals surface area contributed by atoms with E-state index in [4.69, 9.17) is 4.74 Å². The van der Waals surface area contributed by atoms with Crippen molar-refractivity contribution >= 4 is 5.97 Å². The number of carbonyl (C=O) groups is 1. The van der Waals surface area contributed by atoms with Gasteiger partial charge in [0.05, 0.1) is 7.11 Å². The maximum absolute atomic E-state index is 11.5. The van der Waals surface area contributed by atoms with E-state index in [2.05, 4.69) is 24.1 Å². The molecular formula is C14H28N2O2. The largest absolute Gasteiger partial charge is 0.468 e. The van der Waals surface area contributed by atoms with Crippen molar-refractivity contribution in [2.75, 3.05) is 33.8 Å². The molecule has 1 N–H and O–H groups in total. The van der Waals surface area contributed by atoms with Crippen LogP contribution in [0.2, 0.25) is 0 Å². The summed E-state index contributed by atoms with van der Waals surface area (Å²) in [5, 5.41) is 3.02. The van der Waals surface area contributed by atoms with Gasteiger partial charge in [-0.2, -0.15) is 0 Å². The van der Waals surface area contributed by atoms with Crippen LogP contribution >= 0.6 is 0 Å². The van der Waals surface area contributed by atoms with Crippen molar-refractivity contribution in [2.24, 2.45) is 5.41 Å². The molecule has 1 aliphatic heterocycles. The molecule has 4 nitrogen and oxygen atoms in total. The Labute approximate surface area is 111 Å². The van der Waals surface area contributed by atoms with Gasteiger partial charge >= 0.3 is 5.97 Å². The Kier molecular flexibility index (Phi) is 6.09. The monoisotopic (exact) mass is 256 g/mol. The van der Waals surface area contributed by atoms with Gasteiger partial charge in [-0.25, -0.2) is 0 Å². The van der Waals surface area contributed by atoms with Gasteiger partial charge in [0.15, 0.2) is 0 Å². The highest BCUT2D eigenvalue weighted by Crippen LogP contribution is 2.33. The van der Waals surface area contributed by atoms with Crippen LogP contribution in [0.3, 0.4) is 0 Å². The molecule has 0 amide bonds. The number of hydrogen-bond donors (Lipinski definition) is 1. The molecule has 0 aromatic heterocycles. The molecule has 0 aliphatic carbocycles. The first-order chi connectivity index (χ1) is 8.54. The van der Waals surface area contributed by atoms with Crippen LogP contribution in [-0.2, 0) is 9.53 Å². The third-order valence-electron chi connectivity index (χ3n) is 4.48. The van der Waals surface area contributed by atoms with Crippen LogP contribution in [0.1, 0.15) is 39.5 Å². The Morgan fingerprint density at radius 3 is 2.50 bits per heavy atom. The summed E-state index contributed by atoms with van der Waals surface area (Å²) in [6, 6.07) is -0.172. The first-order valence-electron chi connectivity index (χ1n) is 7.02. The number of nitrogens with one attached hydrogen (secondary N) is 1. The molecule has 1 atom stereocenters. The molecule has 1 saturated heterocycles. The fraction of sp³-hybridized carbons (Fsp3) is 0.929. The van der Waals surface area contributed by atoms with Gasteiger partial charge < -0.3 is 15.0 Å². The highest BCUT2D eigenvalue weighted by Gasteiger charge is 2.28. The zero-order valence-corrected chi connectivity index (χ0v) is 12.3. The van der Waals surface area contributed by atoms with Gasteiger partial charge in [0.25, 0.3) is 0 Å². The van der Waals surface area contributed by atoms with Crippen LogP contribution < -0.4 is 5.32 Å². The summed E-state index contributed by atoms with van der Waals surface area (Å²) in [6.45, 7) is 7.95. The van der Waals surface area contributed by atoms with Crippen molar-refractivity contribution < 1.29 is 9.53 Å². The van der Waals surface area contributed by atoms with Gasteiger partial charge in [-0.05, 0) is 44.8 Å². The lowest BCUT2D eigenvalue weighted by atomic mass is 9.78. The van der Waals surface area contributed by atoms with Gasteiger partial charge in [-0.15, -0.1) is 0 Å². The number of likely N-dealkylation sites (tertiary alicyclic amines) is 1. The van der Waals surface area contributed by atoms with E-state index in [1.807, 2.05) is 7.05 Å². The Balaban J connectivity index is 2.31. The van der Waals surface area contributed by atoms with Crippen LogP contribution in [0.4, 0.5) is 0 Å². The third kappa shape index (κ3) is 4.25. The minimum absolute atomic E-state index is 0.159. The van der Waals surface area contributed by atoms with Gasteiger partial charge in [0, 0.05) is 6.54 Å². The van der Waals surface area contributed by atoms with Crippen molar-refractivity contribution in [2.45, 2.75) is 45.6 Å². The lowest BCUT2D eigenvalue weighted by Gasteiger charge is -2.39.